The first-order valence-electron chi connectivity index (χ1n) is 12.5. The predicted molar refractivity (Wildman–Crippen MR) is 152 cm³/mol. The molecule has 1 aliphatic carbocycles. The standard InChI is InChI=1S/C30H36BrNO6/c1-17-12-19-20(30(4,5)11-10-29(19,2)3)15-22(17)37-28-21(31)16-25(38-28)27(33)32(6)26-23(35-8)13-18(34-7)14-24(26)36-9/h12-16H,10-11H2,1-9H3. The number of carbonyl (C=O) groups excluding carboxylic acids is 1. The third kappa shape index (κ3) is 4.98. The van der Waals surface area contributed by atoms with Gasteiger partial charge in [-0.2, -0.15) is 0 Å². The third-order valence-electron chi connectivity index (χ3n) is 7.55. The molecule has 1 aliphatic rings. The Balaban J connectivity index is 1.67. The van der Waals surface area contributed by atoms with E-state index >= 15 is 0 Å². The Hall–Kier alpha value is -3.13. The van der Waals surface area contributed by atoms with Crippen LogP contribution in [-0.4, -0.2) is 34.3 Å². The second-order valence-corrected chi connectivity index (χ2v) is 11.9. The number of amides is 1. The van der Waals surface area contributed by atoms with Crippen LogP contribution in [0, 0.1) is 6.92 Å². The monoisotopic (exact) mass is 585 g/mol. The molecule has 0 saturated carbocycles. The van der Waals surface area contributed by atoms with E-state index in [1.165, 1.54) is 30.2 Å². The smallest absolute Gasteiger partial charge is 0.305 e. The normalized spacial score (nSPS) is 15.4. The lowest BCUT2D eigenvalue weighted by Gasteiger charge is -2.42. The highest BCUT2D eigenvalue weighted by molar-refractivity contribution is 9.10. The van der Waals surface area contributed by atoms with E-state index in [2.05, 4.69) is 55.8 Å². The minimum Gasteiger partial charge on any atom is -0.496 e. The van der Waals surface area contributed by atoms with Crippen LogP contribution >= 0.6 is 15.9 Å². The zero-order valence-corrected chi connectivity index (χ0v) is 25.2. The summed E-state index contributed by atoms with van der Waals surface area (Å²) in [4.78, 5) is 14.9. The van der Waals surface area contributed by atoms with Gasteiger partial charge in [-0.25, -0.2) is 0 Å². The second-order valence-electron chi connectivity index (χ2n) is 11.0. The van der Waals surface area contributed by atoms with Crippen LogP contribution in [0.1, 0.15) is 67.8 Å². The fourth-order valence-electron chi connectivity index (χ4n) is 5.02. The maximum Gasteiger partial charge on any atom is 0.305 e. The van der Waals surface area contributed by atoms with Gasteiger partial charge in [0.15, 0.2) is 5.76 Å². The largest absolute Gasteiger partial charge is 0.496 e. The Morgan fingerprint density at radius 2 is 1.42 bits per heavy atom. The molecular weight excluding hydrogens is 550 g/mol. The van der Waals surface area contributed by atoms with Gasteiger partial charge in [0.05, 0.1) is 21.3 Å². The summed E-state index contributed by atoms with van der Waals surface area (Å²) in [5.74, 6) is 2.02. The molecule has 0 spiro atoms. The summed E-state index contributed by atoms with van der Waals surface area (Å²) in [5.41, 5.74) is 4.25. The molecule has 0 saturated heterocycles. The lowest BCUT2D eigenvalue weighted by molar-refractivity contribution is 0.0960. The lowest BCUT2D eigenvalue weighted by Crippen LogP contribution is -2.33. The summed E-state index contributed by atoms with van der Waals surface area (Å²) in [6.07, 6.45) is 2.24. The van der Waals surface area contributed by atoms with Gasteiger partial charge in [0, 0.05) is 25.2 Å². The van der Waals surface area contributed by atoms with Crippen molar-refractivity contribution in [3.05, 3.63) is 57.3 Å². The van der Waals surface area contributed by atoms with Gasteiger partial charge in [0.2, 0.25) is 0 Å². The van der Waals surface area contributed by atoms with Crippen molar-refractivity contribution >= 4 is 27.5 Å². The summed E-state index contributed by atoms with van der Waals surface area (Å²) < 4.78 is 29.1. The molecule has 38 heavy (non-hydrogen) atoms. The van der Waals surface area contributed by atoms with Crippen molar-refractivity contribution in [1.29, 1.82) is 0 Å². The molecule has 1 aromatic heterocycles. The number of hydrogen-bond acceptors (Lipinski definition) is 6. The van der Waals surface area contributed by atoms with Gasteiger partial charge in [-0.15, -0.1) is 0 Å². The maximum absolute atomic E-state index is 13.5. The molecule has 0 unspecified atom stereocenters. The van der Waals surface area contributed by atoms with Gasteiger partial charge in [0.25, 0.3) is 5.91 Å². The number of fused-ring (bicyclic) bond motifs is 1. The van der Waals surface area contributed by atoms with Crippen LogP contribution in [0.25, 0.3) is 0 Å². The fraction of sp³-hybridized carbons (Fsp3) is 0.433. The zero-order chi connectivity index (χ0) is 28.0. The van der Waals surface area contributed by atoms with E-state index in [4.69, 9.17) is 23.4 Å². The van der Waals surface area contributed by atoms with Crippen LogP contribution in [0.15, 0.2) is 39.2 Å². The number of halogens is 1. The molecule has 7 nitrogen and oxygen atoms in total. The number of anilines is 1. The molecule has 0 fully saturated rings. The number of aryl methyl sites for hydroxylation is 1. The Bertz CT molecular complexity index is 1350. The van der Waals surface area contributed by atoms with Gasteiger partial charge >= 0.3 is 5.95 Å². The van der Waals surface area contributed by atoms with Crippen LogP contribution in [0.4, 0.5) is 5.69 Å². The number of rotatable bonds is 7. The Labute approximate surface area is 233 Å². The van der Waals surface area contributed by atoms with Crippen molar-refractivity contribution in [3.8, 4) is 28.9 Å². The van der Waals surface area contributed by atoms with Crippen molar-refractivity contribution in [3.63, 3.8) is 0 Å². The van der Waals surface area contributed by atoms with Crippen LogP contribution in [0.3, 0.4) is 0 Å². The van der Waals surface area contributed by atoms with Gasteiger partial charge in [-0.05, 0) is 69.3 Å². The highest BCUT2D eigenvalue weighted by Crippen LogP contribution is 2.48. The fourth-order valence-corrected chi connectivity index (χ4v) is 5.39. The molecule has 1 amide bonds. The number of hydrogen-bond donors (Lipinski definition) is 0. The molecule has 3 aromatic rings. The van der Waals surface area contributed by atoms with Crippen LogP contribution < -0.4 is 23.8 Å². The highest BCUT2D eigenvalue weighted by atomic mass is 79.9. The lowest BCUT2D eigenvalue weighted by atomic mass is 9.63. The van der Waals surface area contributed by atoms with E-state index < -0.39 is 5.91 Å². The quantitative estimate of drug-likeness (QED) is 0.282. The summed E-state index contributed by atoms with van der Waals surface area (Å²) in [7, 11) is 6.23. The maximum atomic E-state index is 13.5. The van der Waals surface area contributed by atoms with E-state index in [1.807, 2.05) is 6.92 Å². The third-order valence-corrected chi connectivity index (χ3v) is 8.10. The average molecular weight is 587 g/mol. The van der Waals surface area contributed by atoms with E-state index in [0.717, 1.165) is 18.4 Å². The average Bonchev–Trinajstić information content (AvgIpc) is 3.25. The molecule has 0 aliphatic heterocycles. The molecule has 204 valence electrons. The van der Waals surface area contributed by atoms with Gasteiger partial charge in [-0.1, -0.05) is 33.8 Å². The number of nitrogens with zero attached hydrogens (tertiary/aromatic N) is 1. The molecule has 0 atom stereocenters. The Kier molecular flexibility index (Phi) is 7.49. The van der Waals surface area contributed by atoms with Crippen molar-refractivity contribution in [2.24, 2.45) is 0 Å². The van der Waals surface area contributed by atoms with Crippen LogP contribution in [0.2, 0.25) is 0 Å². The first kappa shape index (κ1) is 27.9. The molecule has 1 heterocycles. The zero-order valence-electron chi connectivity index (χ0n) is 23.6. The molecule has 2 aromatic carbocycles. The molecule has 0 radical (unpaired) electrons. The van der Waals surface area contributed by atoms with Gasteiger partial charge in [-0.3, -0.25) is 4.79 Å². The van der Waals surface area contributed by atoms with Gasteiger partial charge in [0.1, 0.15) is 33.2 Å². The number of benzene rings is 2. The number of ether oxygens (including phenoxy) is 4. The molecule has 0 N–H and O–H groups in total. The first-order valence-corrected chi connectivity index (χ1v) is 13.3. The van der Waals surface area contributed by atoms with Crippen LogP contribution in [0.5, 0.6) is 28.9 Å². The van der Waals surface area contributed by atoms with Crippen LogP contribution in [-0.2, 0) is 10.8 Å². The Morgan fingerprint density at radius 3 is 1.95 bits per heavy atom. The molecule has 4 rings (SSSR count). The van der Waals surface area contributed by atoms with E-state index in [1.54, 1.807) is 32.4 Å². The summed E-state index contributed by atoms with van der Waals surface area (Å²) in [6.45, 7) is 11.2. The topological polar surface area (TPSA) is 70.4 Å². The minimum absolute atomic E-state index is 0.0391. The number of carbonyl (C=O) groups is 1. The number of furan rings is 1. The van der Waals surface area contributed by atoms with Gasteiger partial charge < -0.3 is 28.3 Å². The molecule has 0 bridgehead atoms. The minimum atomic E-state index is -0.396. The second kappa shape index (κ2) is 10.2. The van der Waals surface area contributed by atoms with Crippen molar-refractivity contribution < 1.29 is 28.2 Å². The van der Waals surface area contributed by atoms with E-state index in [9.17, 15) is 4.79 Å². The molecular formula is C30H36BrNO6. The SMILES string of the molecule is COc1cc(OC)c(N(C)C(=O)c2cc(Br)c(Oc3cc4c(cc3C)C(C)(C)CCC4(C)C)o2)c(OC)c1. The summed E-state index contributed by atoms with van der Waals surface area (Å²) >= 11 is 3.51. The van der Waals surface area contributed by atoms with E-state index in [0.29, 0.717) is 33.2 Å². The van der Waals surface area contributed by atoms with Crippen molar-refractivity contribution in [2.75, 3.05) is 33.3 Å². The Morgan fingerprint density at radius 1 is 0.868 bits per heavy atom. The van der Waals surface area contributed by atoms with Crippen molar-refractivity contribution in [2.45, 2.75) is 58.3 Å². The highest BCUT2D eigenvalue weighted by Gasteiger charge is 2.38. The summed E-state index contributed by atoms with van der Waals surface area (Å²) in [6, 6.07) is 9.34. The van der Waals surface area contributed by atoms with E-state index in [-0.39, 0.29) is 22.5 Å². The summed E-state index contributed by atoms with van der Waals surface area (Å²) in [5, 5.41) is 0. The van der Waals surface area contributed by atoms with Crippen molar-refractivity contribution in [1.82, 2.24) is 0 Å². The first-order chi connectivity index (χ1) is 17.8. The molecule has 8 heteroatoms. The predicted octanol–water partition coefficient (Wildman–Crippen LogP) is 7.79. The number of methoxy groups -OCH3 is 3.